The first-order chi connectivity index (χ1) is 55.1. The van der Waals surface area contributed by atoms with E-state index in [0.29, 0.717) is 96.8 Å². The summed E-state index contributed by atoms with van der Waals surface area (Å²) in [6, 6.07) is 26.1. The number of carboxylic acids is 1. The summed E-state index contributed by atoms with van der Waals surface area (Å²) >= 11 is 0. The summed E-state index contributed by atoms with van der Waals surface area (Å²) in [5.74, 6) is -3.59. The molecule has 3 aromatic carbocycles. The van der Waals surface area contributed by atoms with E-state index >= 15 is 0 Å². The maximum absolute atomic E-state index is 14.5. The third-order valence-electron chi connectivity index (χ3n) is 19.7. The number of alkyl carbamates (subject to hydrolysis) is 1. The van der Waals surface area contributed by atoms with Crippen LogP contribution >= 0.6 is 0 Å². The van der Waals surface area contributed by atoms with Crippen LogP contribution in [0, 0.1) is 0 Å². The number of aliphatic hydroxyl groups excluding tert-OH is 1. The molecule has 0 aromatic heterocycles. The molecule has 0 bridgehead atoms. The van der Waals surface area contributed by atoms with Gasteiger partial charge in [0.2, 0.25) is 0 Å². The number of hydrogen-bond acceptors (Lipinski definition) is 26. The number of ether oxygens (including phenoxy) is 20. The van der Waals surface area contributed by atoms with Gasteiger partial charge in [0.05, 0.1) is 24.3 Å². The minimum absolute atomic E-state index is 0.0231. The van der Waals surface area contributed by atoms with Gasteiger partial charge in [-0.25, -0.2) is 19.2 Å². The van der Waals surface area contributed by atoms with Gasteiger partial charge in [0.15, 0.2) is 43.5 Å². The van der Waals surface area contributed by atoms with Gasteiger partial charge < -0.3 is 110 Å². The molecule has 0 spiro atoms. The molecule has 4 fully saturated rings. The van der Waals surface area contributed by atoms with E-state index in [1.807, 2.05) is 85.7 Å². The maximum Gasteiger partial charge on any atom is 0.407 e. The first kappa shape index (κ1) is 94.3. The summed E-state index contributed by atoms with van der Waals surface area (Å²) in [4.78, 5) is 68.7. The van der Waals surface area contributed by atoms with Crippen LogP contribution in [0.15, 0.2) is 91.0 Å². The molecule has 20 atom stereocenters. The number of rotatable bonds is 56. The highest BCUT2D eigenvalue weighted by Gasteiger charge is 2.60. The first-order valence-electron chi connectivity index (χ1n) is 41.7. The lowest BCUT2D eigenvalue weighted by Crippen LogP contribution is -2.69. The Kier molecular flexibility index (Phi) is 45.2. The topological polar surface area (TPSA) is 322 Å². The van der Waals surface area contributed by atoms with Gasteiger partial charge in [0, 0.05) is 72.9 Å². The molecule has 0 aliphatic carbocycles. The number of unbranched alkanes of at least 4 members (excludes halogenated alkanes) is 10. The third-order valence-corrected chi connectivity index (χ3v) is 19.7. The normalized spacial score (nSPS) is 27.8. The highest BCUT2D eigenvalue weighted by Crippen LogP contribution is 2.41. The van der Waals surface area contributed by atoms with Crippen molar-refractivity contribution in [3.63, 3.8) is 0 Å². The highest BCUT2D eigenvalue weighted by molar-refractivity contribution is 5.90. The van der Waals surface area contributed by atoms with Crippen molar-refractivity contribution in [3.8, 4) is 0 Å². The van der Waals surface area contributed by atoms with Gasteiger partial charge in [0.1, 0.15) is 92.6 Å². The first-order valence-corrected chi connectivity index (χ1v) is 41.7. The monoisotopic (exact) mass is 1600 g/mol. The average Bonchev–Trinajstić information content (AvgIpc) is 0.762. The zero-order valence-electron chi connectivity index (χ0n) is 68.1. The lowest BCUT2D eigenvalue weighted by Gasteiger charge is -2.52. The molecule has 1 amide bonds. The molecule has 0 saturated carbocycles. The highest BCUT2D eigenvalue weighted by atomic mass is 16.8. The molecule has 4 saturated heterocycles. The Balaban J connectivity index is 1.30. The summed E-state index contributed by atoms with van der Waals surface area (Å²) in [7, 11) is 0. The van der Waals surface area contributed by atoms with Crippen molar-refractivity contribution in [3.05, 3.63) is 108 Å². The van der Waals surface area contributed by atoms with Gasteiger partial charge >= 0.3 is 30.0 Å². The second-order valence-electron chi connectivity index (χ2n) is 28.9. The average molecular weight is 1600 g/mol. The Labute approximate surface area is 668 Å². The standard InChI is InChI=1S/C85H131NO27/c1-10-18-45-94-55-62-65(88)68(96-47-20-12-3)76(108-79(91)60-40-32-27-33-41-60)84(105-62)111-67-64(57-103-58(9)87)107-82(74(100-51-24-16-7)70(67)98-49-22-14-5)110-66-63(56-95-46-19-11-2)106-83(75(101-52-25-17-8)69(66)97-48-21-13-4)112-72-71(99-50-23-15-6)77(109-80(92)61-42-34-28-35-43-61)81(113-73(72)78(89)90)102-53-37-29-36-44-86-85(93)104-54-59-38-30-26-31-39-59/h26-28,30-35,38-43,62-77,81-84,88H,10-25,29,36-37,44-57H2,1-9H3,(H,86,93)(H,89,90)/t62?,63?,64?,65-,66+,67-,68?,69+,70+,71?,72+,73?,74?,75?,76+,77+,81-,82-,83-,84+/m1/s1. The second-order valence-corrected chi connectivity index (χ2v) is 28.9. The number of carbonyl (C=O) groups is 5. The number of esters is 3. The van der Waals surface area contributed by atoms with E-state index in [1.165, 1.54) is 6.92 Å². The molecule has 3 N–H and O–H groups in total. The van der Waals surface area contributed by atoms with Crippen molar-refractivity contribution >= 4 is 30.0 Å². The zero-order chi connectivity index (χ0) is 81.0. The lowest BCUT2D eigenvalue weighted by atomic mass is 9.94. The number of aliphatic hydroxyl groups is 1. The fourth-order valence-electron chi connectivity index (χ4n) is 13.2. The summed E-state index contributed by atoms with van der Waals surface area (Å²) in [5.41, 5.74) is 1.27. The Morgan fingerprint density at radius 2 is 0.752 bits per heavy atom. The SMILES string of the molecule is CCCCOCC1O[C@@H](O[C@@H]2C(COC(C)=O)O[C@H](O[C@H]3C(COCCCC)O[C@H](O[C@@H]4C(C(=O)O)O[C@@H](OCCCCCNC(=O)OCc5ccccc5)[C@@H](OC(=O)c5ccccc5)C4OCCCC)C(OCCCC)[C@H]3OCCCC)C(OCCCC)[C@H]2OCCCC)[C@@H](OC(=O)c2ccccc2)C(OCCCC)[C@@H]1O. The predicted octanol–water partition coefficient (Wildman–Crippen LogP) is 12.4. The van der Waals surface area contributed by atoms with Gasteiger partial charge in [0.25, 0.3) is 0 Å². The quantitative estimate of drug-likeness (QED) is 0.0268. The van der Waals surface area contributed by atoms with Gasteiger partial charge in [-0.3, -0.25) is 4.79 Å². The van der Waals surface area contributed by atoms with Crippen molar-refractivity contribution in [2.75, 3.05) is 85.8 Å². The number of carbonyl (C=O) groups excluding carboxylic acids is 4. The molecule has 28 heteroatoms. The van der Waals surface area contributed by atoms with Crippen LogP contribution in [0.25, 0.3) is 0 Å². The maximum atomic E-state index is 14.5. The van der Waals surface area contributed by atoms with E-state index < -0.39 is 159 Å². The minimum atomic E-state index is -1.85. The van der Waals surface area contributed by atoms with Crippen molar-refractivity contribution in [1.29, 1.82) is 0 Å². The van der Waals surface area contributed by atoms with Crippen LogP contribution in [0.3, 0.4) is 0 Å². The van der Waals surface area contributed by atoms with Gasteiger partial charge in [-0.05, 0) is 100 Å². The fourth-order valence-corrected chi connectivity index (χ4v) is 13.2. The summed E-state index contributed by atoms with van der Waals surface area (Å²) in [6.07, 6.45) is -15.2. The molecule has 4 heterocycles. The Bertz CT molecular complexity index is 3050. The Morgan fingerprint density at radius 3 is 1.21 bits per heavy atom. The Morgan fingerprint density at radius 1 is 0.372 bits per heavy atom. The number of aliphatic carboxylic acids is 1. The number of benzene rings is 3. The molecular formula is C85H131NO27. The molecular weight excluding hydrogens is 1470 g/mol. The summed E-state index contributed by atoms with van der Waals surface area (Å²) in [5, 5.41) is 26.5. The van der Waals surface area contributed by atoms with Gasteiger partial charge in [-0.2, -0.15) is 0 Å². The molecule has 8 unspecified atom stereocenters. The smallest absolute Gasteiger partial charge is 0.407 e. The van der Waals surface area contributed by atoms with Crippen LogP contribution in [-0.4, -0.2) is 249 Å². The fraction of sp³-hybridized carbons (Fsp3) is 0.729. The molecule has 638 valence electrons. The molecule has 4 aliphatic rings. The van der Waals surface area contributed by atoms with Crippen LogP contribution < -0.4 is 5.32 Å². The van der Waals surface area contributed by atoms with Crippen LogP contribution in [0.1, 0.15) is 211 Å². The van der Waals surface area contributed by atoms with Crippen molar-refractivity contribution < 1.29 is 129 Å². The van der Waals surface area contributed by atoms with Crippen LogP contribution in [0.2, 0.25) is 0 Å². The van der Waals surface area contributed by atoms with Crippen LogP contribution in [-0.2, 0) is 111 Å². The zero-order valence-corrected chi connectivity index (χ0v) is 68.1. The number of nitrogens with one attached hydrogen (secondary N) is 1. The molecule has 28 nitrogen and oxygen atoms in total. The number of amides is 1. The molecule has 3 aromatic rings. The largest absolute Gasteiger partial charge is 0.479 e. The van der Waals surface area contributed by atoms with Gasteiger partial charge in [-0.15, -0.1) is 0 Å². The second kappa shape index (κ2) is 54.2. The van der Waals surface area contributed by atoms with Crippen molar-refractivity contribution in [1.82, 2.24) is 5.32 Å². The summed E-state index contributed by atoms with van der Waals surface area (Å²) < 4.78 is 134. The van der Waals surface area contributed by atoms with Gasteiger partial charge in [-0.1, -0.05) is 173 Å². The van der Waals surface area contributed by atoms with E-state index in [4.69, 9.17) is 94.7 Å². The lowest BCUT2D eigenvalue weighted by molar-refractivity contribution is -0.396. The van der Waals surface area contributed by atoms with E-state index in [0.717, 1.165) is 50.5 Å². The van der Waals surface area contributed by atoms with E-state index in [2.05, 4.69) is 5.32 Å². The predicted molar refractivity (Wildman–Crippen MR) is 415 cm³/mol. The summed E-state index contributed by atoms with van der Waals surface area (Å²) in [6.45, 7) is 18.8. The van der Waals surface area contributed by atoms with Crippen LogP contribution in [0.4, 0.5) is 4.79 Å². The minimum Gasteiger partial charge on any atom is -0.479 e. The van der Waals surface area contributed by atoms with Crippen molar-refractivity contribution in [2.45, 2.75) is 314 Å². The molecule has 7 rings (SSSR count). The number of carboxylic acid groups (broad SMARTS) is 1. The molecule has 4 aliphatic heterocycles. The Hall–Kier alpha value is -5.87. The van der Waals surface area contributed by atoms with Crippen LogP contribution in [0.5, 0.6) is 0 Å². The van der Waals surface area contributed by atoms with Crippen molar-refractivity contribution in [2.24, 2.45) is 0 Å². The van der Waals surface area contributed by atoms with E-state index in [1.54, 1.807) is 60.7 Å². The molecule has 0 radical (unpaired) electrons. The number of hydrogen-bond donors (Lipinski definition) is 3. The van der Waals surface area contributed by atoms with E-state index in [9.17, 15) is 34.2 Å². The molecule has 113 heavy (non-hydrogen) atoms. The third kappa shape index (κ3) is 31.2. The van der Waals surface area contributed by atoms with E-state index in [-0.39, 0.29) is 77.2 Å².